The number of thiocarbonyl (C=S) groups is 1. The largest absolute Gasteiger partial charge is 0.496 e. The molecule has 0 radical (unpaired) electrons. The first-order valence-corrected chi connectivity index (χ1v) is 11.7. The number of para-hydroxylation sites is 1. The van der Waals surface area contributed by atoms with E-state index < -0.39 is 0 Å². The van der Waals surface area contributed by atoms with Crippen LogP contribution < -0.4 is 14.8 Å². The Morgan fingerprint density at radius 3 is 2.65 bits per heavy atom. The molecule has 1 amide bonds. The highest BCUT2D eigenvalue weighted by molar-refractivity contribution is 7.80. The number of aromatic nitrogens is 2. The summed E-state index contributed by atoms with van der Waals surface area (Å²) < 4.78 is 13.1. The molecule has 0 spiro atoms. The van der Waals surface area contributed by atoms with Gasteiger partial charge in [-0.1, -0.05) is 35.3 Å². The van der Waals surface area contributed by atoms with Crippen LogP contribution in [0.5, 0.6) is 11.5 Å². The second-order valence-electron chi connectivity index (χ2n) is 7.49. The van der Waals surface area contributed by atoms with Gasteiger partial charge in [-0.15, -0.1) is 0 Å². The Bertz CT molecular complexity index is 1250. The van der Waals surface area contributed by atoms with E-state index in [4.69, 9.17) is 44.9 Å². The van der Waals surface area contributed by atoms with E-state index in [1.165, 1.54) is 4.90 Å². The second-order valence-corrected chi connectivity index (χ2v) is 8.70. The lowest BCUT2D eigenvalue weighted by molar-refractivity contribution is -0.122. The summed E-state index contributed by atoms with van der Waals surface area (Å²) in [4.78, 5) is 14.5. The molecule has 2 aromatic carbocycles. The first kappa shape index (κ1) is 24.1. The van der Waals surface area contributed by atoms with Crippen LogP contribution in [0.15, 0.2) is 54.5 Å². The van der Waals surface area contributed by atoms with Gasteiger partial charge in [-0.05, 0) is 55.0 Å². The van der Waals surface area contributed by atoms with Crippen LogP contribution in [0.25, 0.3) is 6.08 Å². The van der Waals surface area contributed by atoms with Gasteiger partial charge in [-0.25, -0.2) is 0 Å². The summed E-state index contributed by atoms with van der Waals surface area (Å²) in [6.07, 6.45) is 5.39. The number of nitrogens with one attached hydrogen (secondary N) is 1. The van der Waals surface area contributed by atoms with E-state index in [1.807, 2.05) is 31.3 Å². The first-order chi connectivity index (χ1) is 16.4. The highest BCUT2D eigenvalue weighted by atomic mass is 35.5. The van der Waals surface area contributed by atoms with Gasteiger partial charge in [0.05, 0.1) is 29.9 Å². The summed E-state index contributed by atoms with van der Waals surface area (Å²) in [6.45, 7) is 3.29. The topological polar surface area (TPSA) is 68.6 Å². The average molecular weight is 517 g/mol. The monoisotopic (exact) mass is 516 g/mol. The van der Waals surface area contributed by atoms with Gasteiger partial charge in [0.2, 0.25) is 0 Å². The molecule has 3 aromatic rings. The Labute approximate surface area is 212 Å². The molecule has 7 nitrogen and oxygen atoms in total. The quantitative estimate of drug-likeness (QED) is 0.333. The fourth-order valence-corrected chi connectivity index (χ4v) is 4.26. The van der Waals surface area contributed by atoms with Crippen LogP contribution in [0.1, 0.15) is 23.6 Å². The molecule has 1 fully saturated rings. The number of aryl methyl sites for hydroxylation is 1. The number of amides is 1. The van der Waals surface area contributed by atoms with Crippen molar-refractivity contribution in [2.45, 2.75) is 26.6 Å². The van der Waals surface area contributed by atoms with Crippen LogP contribution >= 0.6 is 35.4 Å². The van der Waals surface area contributed by atoms with E-state index in [0.29, 0.717) is 38.9 Å². The van der Waals surface area contributed by atoms with Crippen LogP contribution in [-0.2, 0) is 24.5 Å². The Kier molecular flexibility index (Phi) is 7.41. The molecule has 1 aliphatic heterocycles. The predicted molar refractivity (Wildman–Crippen MR) is 136 cm³/mol. The van der Waals surface area contributed by atoms with E-state index in [1.54, 1.807) is 42.3 Å². The molecule has 0 atom stereocenters. The number of carbonyl (C=O) groups is 1. The fraction of sp³-hybridized carbons (Fsp3) is 0.208. The van der Waals surface area contributed by atoms with Gasteiger partial charge >= 0.3 is 0 Å². The Balaban J connectivity index is 1.53. The van der Waals surface area contributed by atoms with Crippen molar-refractivity contribution < 1.29 is 14.3 Å². The Morgan fingerprint density at radius 1 is 1.21 bits per heavy atom. The molecule has 176 valence electrons. The number of halogens is 2. The van der Waals surface area contributed by atoms with Gasteiger partial charge in [0.15, 0.2) is 10.9 Å². The standard InChI is InChI=1S/C24H22Cl2N4O3S/c1-3-29-12-16(11-27-29)13-30-23(31)20(28-24(30)34)10-15-7-8-21(32-2)17(9-15)14-33-22-18(25)5-4-6-19(22)26/h4-12H,3,13-14H2,1-2H3,(H,28,34)/b20-10+. The summed E-state index contributed by atoms with van der Waals surface area (Å²) in [6, 6.07) is 10.7. The third-order valence-corrected chi connectivity index (χ3v) is 6.14. The van der Waals surface area contributed by atoms with Gasteiger partial charge in [-0.3, -0.25) is 14.4 Å². The first-order valence-electron chi connectivity index (χ1n) is 10.5. The maximum absolute atomic E-state index is 13.0. The molecular formula is C24H22Cl2N4O3S. The number of ether oxygens (including phenoxy) is 2. The zero-order valence-electron chi connectivity index (χ0n) is 18.5. The van der Waals surface area contributed by atoms with Crippen molar-refractivity contribution in [2.24, 2.45) is 0 Å². The number of methoxy groups -OCH3 is 1. The van der Waals surface area contributed by atoms with Gasteiger partial charge < -0.3 is 14.8 Å². The molecule has 10 heteroatoms. The number of hydrogen-bond acceptors (Lipinski definition) is 5. The second kappa shape index (κ2) is 10.5. The molecule has 0 aliphatic carbocycles. The summed E-state index contributed by atoms with van der Waals surface area (Å²) in [5, 5.41) is 8.45. The van der Waals surface area contributed by atoms with E-state index in [0.717, 1.165) is 23.2 Å². The van der Waals surface area contributed by atoms with Gasteiger partial charge in [0.1, 0.15) is 18.1 Å². The maximum atomic E-state index is 13.0. The van der Waals surface area contributed by atoms with Crippen molar-refractivity contribution >= 4 is 52.5 Å². The molecule has 0 saturated carbocycles. The molecule has 1 N–H and O–H groups in total. The molecule has 0 unspecified atom stereocenters. The fourth-order valence-electron chi connectivity index (χ4n) is 3.50. The van der Waals surface area contributed by atoms with Crippen LogP contribution in [0.4, 0.5) is 0 Å². The van der Waals surface area contributed by atoms with Gasteiger partial charge in [-0.2, -0.15) is 5.10 Å². The van der Waals surface area contributed by atoms with Crippen LogP contribution in [0.3, 0.4) is 0 Å². The van der Waals surface area contributed by atoms with Crippen LogP contribution in [0.2, 0.25) is 10.0 Å². The summed E-state index contributed by atoms with van der Waals surface area (Å²) in [5.41, 5.74) is 2.84. The Hall–Kier alpha value is -3.07. The number of hydrogen-bond donors (Lipinski definition) is 1. The molecular weight excluding hydrogens is 495 g/mol. The lowest BCUT2D eigenvalue weighted by Crippen LogP contribution is -2.29. The van der Waals surface area contributed by atoms with Crippen molar-refractivity contribution in [3.8, 4) is 11.5 Å². The van der Waals surface area contributed by atoms with Crippen LogP contribution in [0, 0.1) is 0 Å². The molecule has 1 aliphatic rings. The van der Waals surface area contributed by atoms with E-state index in [2.05, 4.69) is 10.4 Å². The summed E-state index contributed by atoms with van der Waals surface area (Å²) in [5.74, 6) is 0.837. The van der Waals surface area contributed by atoms with E-state index in [9.17, 15) is 4.79 Å². The third-order valence-electron chi connectivity index (χ3n) is 5.22. The highest BCUT2D eigenvalue weighted by Crippen LogP contribution is 2.34. The molecule has 34 heavy (non-hydrogen) atoms. The molecule has 0 bridgehead atoms. The highest BCUT2D eigenvalue weighted by Gasteiger charge is 2.31. The normalized spacial score (nSPS) is 14.6. The molecule has 2 heterocycles. The maximum Gasteiger partial charge on any atom is 0.276 e. The van der Waals surface area contributed by atoms with Gasteiger partial charge in [0.25, 0.3) is 5.91 Å². The van der Waals surface area contributed by atoms with Crippen molar-refractivity contribution in [1.82, 2.24) is 20.0 Å². The number of benzene rings is 2. The van der Waals surface area contributed by atoms with Crippen LogP contribution in [-0.4, -0.2) is 32.8 Å². The van der Waals surface area contributed by atoms with Gasteiger partial charge in [0, 0.05) is 23.9 Å². The minimum atomic E-state index is -0.203. The molecule has 4 rings (SSSR count). The smallest absolute Gasteiger partial charge is 0.276 e. The zero-order valence-corrected chi connectivity index (χ0v) is 20.9. The Morgan fingerprint density at radius 2 is 1.97 bits per heavy atom. The SMILES string of the molecule is CCn1cc(CN2C(=O)/C(=C\c3ccc(OC)c(COc4c(Cl)cccc4Cl)c3)NC2=S)cn1. The minimum Gasteiger partial charge on any atom is -0.496 e. The average Bonchev–Trinajstić information content (AvgIpc) is 3.39. The minimum absolute atomic E-state index is 0.178. The summed E-state index contributed by atoms with van der Waals surface area (Å²) >= 11 is 17.8. The van der Waals surface area contributed by atoms with Crippen molar-refractivity contribution in [3.63, 3.8) is 0 Å². The van der Waals surface area contributed by atoms with E-state index in [-0.39, 0.29) is 12.5 Å². The van der Waals surface area contributed by atoms with Crippen molar-refractivity contribution in [2.75, 3.05) is 7.11 Å². The van der Waals surface area contributed by atoms with Crippen molar-refractivity contribution in [3.05, 3.63) is 81.2 Å². The lowest BCUT2D eigenvalue weighted by Gasteiger charge is -2.13. The van der Waals surface area contributed by atoms with Crippen molar-refractivity contribution in [1.29, 1.82) is 0 Å². The van der Waals surface area contributed by atoms with E-state index >= 15 is 0 Å². The molecule has 1 saturated heterocycles. The predicted octanol–water partition coefficient (Wildman–Crippen LogP) is 5.06. The zero-order chi connectivity index (χ0) is 24.2. The summed E-state index contributed by atoms with van der Waals surface area (Å²) in [7, 11) is 1.58. The third kappa shape index (κ3) is 5.19. The molecule has 1 aromatic heterocycles. The number of carbonyl (C=O) groups excluding carboxylic acids is 1. The number of nitrogens with zero attached hydrogens (tertiary/aromatic N) is 3. The lowest BCUT2D eigenvalue weighted by atomic mass is 10.1. The number of rotatable bonds is 8.